The summed E-state index contributed by atoms with van der Waals surface area (Å²) in [4.78, 5) is 0.847. The van der Waals surface area contributed by atoms with E-state index in [9.17, 15) is 0 Å². The summed E-state index contributed by atoms with van der Waals surface area (Å²) >= 11 is 1.53. The third-order valence-corrected chi connectivity index (χ3v) is 5.30. The number of fused-ring (bicyclic) bond motifs is 1. The lowest BCUT2D eigenvalue weighted by molar-refractivity contribution is 0.301. The molecule has 0 unspecified atom stereocenters. The fraction of sp³-hybridized carbons (Fsp3) is 0.471. The Hall–Kier alpha value is -2.15. The molecule has 1 saturated carbocycles. The fourth-order valence-electron chi connectivity index (χ4n) is 3.18. The van der Waals surface area contributed by atoms with Crippen LogP contribution in [0.1, 0.15) is 48.9 Å². The average Bonchev–Trinajstić information content (AvgIpc) is 3.21. The maximum Gasteiger partial charge on any atom is 0.234 e. The summed E-state index contributed by atoms with van der Waals surface area (Å²) in [5.74, 6) is 3.05. The molecule has 24 heavy (non-hydrogen) atoms. The second-order valence-electron chi connectivity index (χ2n) is 6.05. The van der Waals surface area contributed by atoms with Crippen LogP contribution >= 0.6 is 11.3 Å². The van der Waals surface area contributed by atoms with Crippen LogP contribution in [-0.4, -0.2) is 26.9 Å². The first-order valence-electron chi connectivity index (χ1n) is 8.31. The lowest BCUT2D eigenvalue weighted by Gasteiger charge is -2.18. The number of ether oxygens (including phenoxy) is 2. The standard InChI is InChI=1S/C17H20N4O2S/c1-22-13-8-5-9-14(10-13)23-11-15-20-21-16(18-19-17(21)24-15)12-6-3-2-4-7-12/h5,8-10,12H,2-4,6-7,11H2,1H3. The third-order valence-electron chi connectivity index (χ3n) is 4.43. The van der Waals surface area contributed by atoms with Gasteiger partial charge in [0.05, 0.1) is 7.11 Å². The van der Waals surface area contributed by atoms with Gasteiger partial charge >= 0.3 is 0 Å². The molecule has 126 valence electrons. The fourth-order valence-corrected chi connectivity index (χ4v) is 3.93. The number of nitrogens with zero attached hydrogens (tertiary/aromatic N) is 4. The van der Waals surface area contributed by atoms with E-state index in [1.54, 1.807) is 7.11 Å². The quantitative estimate of drug-likeness (QED) is 0.704. The zero-order chi connectivity index (χ0) is 16.4. The lowest BCUT2D eigenvalue weighted by Crippen LogP contribution is -2.09. The number of hydrogen-bond acceptors (Lipinski definition) is 6. The summed E-state index contributed by atoms with van der Waals surface area (Å²) in [6.07, 6.45) is 6.25. The van der Waals surface area contributed by atoms with E-state index in [1.165, 1.54) is 43.4 Å². The van der Waals surface area contributed by atoms with Crippen molar-refractivity contribution in [1.82, 2.24) is 19.8 Å². The Morgan fingerprint density at radius 1 is 1.17 bits per heavy atom. The van der Waals surface area contributed by atoms with Gasteiger partial charge in [0.2, 0.25) is 4.96 Å². The van der Waals surface area contributed by atoms with Crippen LogP contribution in [0.15, 0.2) is 24.3 Å². The molecule has 2 aromatic heterocycles. The topological polar surface area (TPSA) is 61.5 Å². The van der Waals surface area contributed by atoms with E-state index in [-0.39, 0.29) is 0 Å². The molecule has 1 aromatic carbocycles. The van der Waals surface area contributed by atoms with Crippen LogP contribution in [0.25, 0.3) is 4.96 Å². The van der Waals surface area contributed by atoms with Gasteiger partial charge in [-0.3, -0.25) is 0 Å². The molecule has 3 aromatic rings. The zero-order valence-corrected chi connectivity index (χ0v) is 14.5. The Labute approximate surface area is 144 Å². The predicted octanol–water partition coefficient (Wildman–Crippen LogP) is 3.82. The molecule has 0 aliphatic heterocycles. The minimum Gasteiger partial charge on any atom is -0.497 e. The molecule has 0 saturated heterocycles. The van der Waals surface area contributed by atoms with Gasteiger partial charge in [0, 0.05) is 12.0 Å². The number of methoxy groups -OCH3 is 1. The van der Waals surface area contributed by atoms with Crippen molar-refractivity contribution in [3.8, 4) is 11.5 Å². The van der Waals surface area contributed by atoms with E-state index in [1.807, 2.05) is 28.8 Å². The van der Waals surface area contributed by atoms with Crippen molar-refractivity contribution in [2.45, 2.75) is 44.6 Å². The summed E-state index contributed by atoms with van der Waals surface area (Å²) in [5, 5.41) is 14.2. The zero-order valence-electron chi connectivity index (χ0n) is 13.6. The van der Waals surface area contributed by atoms with Crippen molar-refractivity contribution in [1.29, 1.82) is 0 Å². The second-order valence-corrected chi connectivity index (χ2v) is 7.09. The van der Waals surface area contributed by atoms with E-state index in [2.05, 4.69) is 15.3 Å². The number of aromatic nitrogens is 4. The highest BCUT2D eigenvalue weighted by Crippen LogP contribution is 2.32. The Kier molecular flexibility index (Phi) is 4.34. The highest BCUT2D eigenvalue weighted by atomic mass is 32.1. The molecular weight excluding hydrogens is 324 g/mol. The van der Waals surface area contributed by atoms with Gasteiger partial charge in [-0.25, -0.2) is 0 Å². The minimum atomic E-state index is 0.422. The first-order valence-corrected chi connectivity index (χ1v) is 9.13. The van der Waals surface area contributed by atoms with Crippen molar-refractivity contribution in [2.75, 3.05) is 7.11 Å². The van der Waals surface area contributed by atoms with Gasteiger partial charge in [0.1, 0.15) is 18.1 Å². The van der Waals surface area contributed by atoms with Crippen LogP contribution < -0.4 is 9.47 Å². The maximum atomic E-state index is 5.83. The van der Waals surface area contributed by atoms with Crippen LogP contribution in [0.3, 0.4) is 0 Å². The molecule has 4 rings (SSSR count). The van der Waals surface area contributed by atoms with Gasteiger partial charge in [-0.2, -0.15) is 9.61 Å². The first-order chi connectivity index (χ1) is 11.8. The maximum absolute atomic E-state index is 5.83. The molecule has 0 atom stereocenters. The molecule has 1 aliphatic carbocycles. The van der Waals surface area contributed by atoms with Crippen molar-refractivity contribution in [3.05, 3.63) is 35.1 Å². The SMILES string of the molecule is COc1cccc(OCc2nn3c(C4CCCCC4)nnc3s2)c1. The van der Waals surface area contributed by atoms with Gasteiger partial charge in [-0.05, 0) is 25.0 Å². The molecule has 0 bridgehead atoms. The van der Waals surface area contributed by atoms with Crippen LogP contribution in [0, 0.1) is 0 Å². The summed E-state index contributed by atoms with van der Waals surface area (Å²) in [5.41, 5.74) is 0. The normalized spacial score (nSPS) is 15.7. The summed E-state index contributed by atoms with van der Waals surface area (Å²) < 4.78 is 12.9. The molecule has 0 spiro atoms. The van der Waals surface area contributed by atoms with E-state index in [4.69, 9.17) is 9.47 Å². The Bertz CT molecular complexity index is 823. The van der Waals surface area contributed by atoms with Crippen LogP contribution in [-0.2, 0) is 6.61 Å². The second kappa shape index (κ2) is 6.76. The summed E-state index contributed by atoms with van der Waals surface area (Å²) in [6.45, 7) is 0.422. The van der Waals surface area contributed by atoms with Crippen LogP contribution in [0.2, 0.25) is 0 Å². The predicted molar refractivity (Wildman–Crippen MR) is 91.8 cm³/mol. The van der Waals surface area contributed by atoms with E-state index in [0.29, 0.717) is 12.5 Å². The monoisotopic (exact) mass is 344 g/mol. The molecule has 7 heteroatoms. The smallest absolute Gasteiger partial charge is 0.234 e. The molecular formula is C17H20N4O2S. The van der Waals surface area contributed by atoms with Crippen LogP contribution in [0.5, 0.6) is 11.5 Å². The van der Waals surface area contributed by atoms with Gasteiger partial charge in [0.15, 0.2) is 10.8 Å². The Morgan fingerprint density at radius 2 is 2.00 bits per heavy atom. The largest absolute Gasteiger partial charge is 0.497 e. The van der Waals surface area contributed by atoms with Gasteiger partial charge in [-0.15, -0.1) is 10.2 Å². The van der Waals surface area contributed by atoms with Crippen molar-refractivity contribution in [3.63, 3.8) is 0 Å². The Morgan fingerprint density at radius 3 is 2.83 bits per heavy atom. The molecule has 1 aliphatic rings. The minimum absolute atomic E-state index is 0.422. The molecule has 0 radical (unpaired) electrons. The van der Waals surface area contributed by atoms with Crippen LogP contribution in [0.4, 0.5) is 0 Å². The van der Waals surface area contributed by atoms with Crippen molar-refractivity contribution >= 4 is 16.3 Å². The van der Waals surface area contributed by atoms with E-state index < -0.39 is 0 Å². The average molecular weight is 344 g/mol. The van der Waals surface area contributed by atoms with Crippen molar-refractivity contribution < 1.29 is 9.47 Å². The summed E-state index contributed by atoms with van der Waals surface area (Å²) in [7, 11) is 1.65. The van der Waals surface area contributed by atoms with E-state index >= 15 is 0 Å². The Balaban J connectivity index is 1.49. The third kappa shape index (κ3) is 3.08. The number of benzene rings is 1. The van der Waals surface area contributed by atoms with Gasteiger partial charge in [-0.1, -0.05) is 36.7 Å². The summed E-state index contributed by atoms with van der Waals surface area (Å²) in [6, 6.07) is 7.59. The lowest BCUT2D eigenvalue weighted by atomic mass is 9.89. The highest BCUT2D eigenvalue weighted by molar-refractivity contribution is 7.16. The first kappa shape index (κ1) is 15.4. The van der Waals surface area contributed by atoms with Gasteiger partial charge < -0.3 is 9.47 Å². The molecule has 0 N–H and O–H groups in total. The van der Waals surface area contributed by atoms with Crippen molar-refractivity contribution in [2.24, 2.45) is 0 Å². The highest BCUT2D eigenvalue weighted by Gasteiger charge is 2.22. The molecule has 6 nitrogen and oxygen atoms in total. The molecule has 1 fully saturated rings. The molecule has 2 heterocycles. The molecule has 0 amide bonds. The number of rotatable bonds is 5. The van der Waals surface area contributed by atoms with E-state index in [0.717, 1.165) is 27.3 Å². The van der Waals surface area contributed by atoms with Gasteiger partial charge in [0.25, 0.3) is 0 Å². The number of hydrogen-bond donors (Lipinski definition) is 0.